The number of nitrogens with one attached hydrogen (secondary N) is 1. The number of halogens is 2. The molecule has 0 aliphatic carbocycles. The first-order valence-electron chi connectivity index (χ1n) is 8.52. The molecule has 1 N–H and O–H groups in total. The number of carbonyl (C=O) groups is 2. The van der Waals surface area contributed by atoms with E-state index in [2.05, 4.69) is 15.2 Å². The average molecular weight is 403 g/mol. The topological polar surface area (TPSA) is 89.5 Å². The molecule has 2 aromatic rings. The van der Waals surface area contributed by atoms with Gasteiger partial charge in [0.05, 0.1) is 6.21 Å². The van der Waals surface area contributed by atoms with E-state index < -0.39 is 24.1 Å². The van der Waals surface area contributed by atoms with Gasteiger partial charge in [-0.25, -0.2) is 4.79 Å². The Labute approximate surface area is 163 Å². The molecule has 2 aromatic carbocycles. The zero-order valence-corrected chi connectivity index (χ0v) is 15.1. The van der Waals surface area contributed by atoms with Crippen LogP contribution in [-0.2, 0) is 10.3 Å². The van der Waals surface area contributed by atoms with Crippen LogP contribution in [0.15, 0.2) is 47.6 Å². The Morgan fingerprint density at radius 1 is 1.17 bits per heavy atom. The molecule has 2 aliphatic heterocycles. The van der Waals surface area contributed by atoms with E-state index in [1.54, 1.807) is 18.2 Å². The van der Waals surface area contributed by atoms with Crippen LogP contribution in [0, 0.1) is 0 Å². The summed E-state index contributed by atoms with van der Waals surface area (Å²) in [5, 5.41) is 7.28. The molecule has 0 saturated carbocycles. The van der Waals surface area contributed by atoms with Crippen LogP contribution in [0.1, 0.15) is 18.1 Å². The number of ether oxygens (including phenoxy) is 3. The van der Waals surface area contributed by atoms with Crippen molar-refractivity contribution in [1.29, 1.82) is 0 Å². The number of carbonyl (C=O) groups excluding carboxylic acids is 2. The second-order valence-corrected chi connectivity index (χ2v) is 6.43. The minimum Gasteiger partial charge on any atom is -0.454 e. The van der Waals surface area contributed by atoms with Gasteiger partial charge in [-0.2, -0.15) is 13.9 Å². The molecular formula is C19H15F2N3O5. The third-order valence-electron chi connectivity index (χ3n) is 4.55. The van der Waals surface area contributed by atoms with Crippen molar-refractivity contribution in [3.8, 4) is 17.2 Å². The normalized spacial score (nSPS) is 20.6. The predicted octanol–water partition coefficient (Wildman–Crippen LogP) is 2.82. The highest BCUT2D eigenvalue weighted by Gasteiger charge is 2.49. The largest absolute Gasteiger partial charge is 0.454 e. The van der Waals surface area contributed by atoms with Crippen LogP contribution in [0.5, 0.6) is 17.2 Å². The monoisotopic (exact) mass is 403 g/mol. The van der Waals surface area contributed by atoms with Crippen molar-refractivity contribution < 1.29 is 32.6 Å². The van der Waals surface area contributed by atoms with Crippen LogP contribution in [-0.4, -0.2) is 36.6 Å². The standard InChI is InChI=1S/C19H15F2N3O5/c1-19(12-3-5-13(6-4-12)29-17(20)21)16(25)24(18(26)23-19)22-9-11-2-7-14-15(8-11)28-10-27-14/h2-9,17H,10H2,1H3,(H,23,26). The SMILES string of the molecule is CC1(c2ccc(OC(F)F)cc2)NC(=O)N(N=Cc2ccc3c(c2)OCO3)C1=O. The van der Waals surface area contributed by atoms with Crippen molar-refractivity contribution in [2.24, 2.45) is 5.10 Å². The van der Waals surface area contributed by atoms with Gasteiger partial charge >= 0.3 is 12.6 Å². The molecule has 4 rings (SSSR count). The Morgan fingerprint density at radius 2 is 1.90 bits per heavy atom. The van der Waals surface area contributed by atoms with Gasteiger partial charge in [0.15, 0.2) is 11.5 Å². The van der Waals surface area contributed by atoms with Crippen molar-refractivity contribution in [2.45, 2.75) is 19.1 Å². The Morgan fingerprint density at radius 3 is 2.62 bits per heavy atom. The quantitative estimate of drug-likeness (QED) is 0.613. The Bertz CT molecular complexity index is 996. The van der Waals surface area contributed by atoms with Gasteiger partial charge in [0.25, 0.3) is 5.91 Å². The maximum Gasteiger partial charge on any atom is 0.387 e. The Balaban J connectivity index is 1.53. The number of fused-ring (bicyclic) bond motifs is 1. The molecule has 2 heterocycles. The zero-order chi connectivity index (χ0) is 20.6. The first-order chi connectivity index (χ1) is 13.9. The maximum atomic E-state index is 12.8. The van der Waals surface area contributed by atoms with Crippen molar-refractivity contribution >= 4 is 18.2 Å². The van der Waals surface area contributed by atoms with Gasteiger partial charge in [0.1, 0.15) is 11.3 Å². The number of alkyl halides is 2. The van der Waals surface area contributed by atoms with Crippen molar-refractivity contribution in [2.75, 3.05) is 6.79 Å². The van der Waals surface area contributed by atoms with E-state index in [1.807, 2.05) is 0 Å². The number of hydrogen-bond donors (Lipinski definition) is 1. The molecule has 0 bridgehead atoms. The third-order valence-corrected chi connectivity index (χ3v) is 4.55. The lowest BCUT2D eigenvalue weighted by molar-refractivity contribution is -0.131. The molecule has 3 amide bonds. The predicted molar refractivity (Wildman–Crippen MR) is 96.0 cm³/mol. The number of hydrazone groups is 1. The van der Waals surface area contributed by atoms with Gasteiger partial charge in [-0.1, -0.05) is 12.1 Å². The van der Waals surface area contributed by atoms with Crippen LogP contribution in [0.2, 0.25) is 0 Å². The summed E-state index contributed by atoms with van der Waals surface area (Å²) in [4.78, 5) is 25.1. The molecule has 0 spiro atoms. The molecule has 1 atom stereocenters. The number of nitrogens with zero attached hydrogens (tertiary/aromatic N) is 2. The first-order valence-corrected chi connectivity index (χ1v) is 8.52. The van der Waals surface area contributed by atoms with E-state index >= 15 is 0 Å². The van der Waals surface area contributed by atoms with Gasteiger partial charge in [-0.05, 0) is 48.4 Å². The highest BCUT2D eigenvalue weighted by Crippen LogP contribution is 2.33. The van der Waals surface area contributed by atoms with E-state index in [0.717, 1.165) is 0 Å². The van der Waals surface area contributed by atoms with E-state index in [1.165, 1.54) is 37.4 Å². The Hall–Kier alpha value is -3.69. The number of imide groups is 1. The molecular weight excluding hydrogens is 388 g/mol. The smallest absolute Gasteiger partial charge is 0.387 e. The fraction of sp³-hybridized carbons (Fsp3) is 0.211. The summed E-state index contributed by atoms with van der Waals surface area (Å²) in [6.07, 6.45) is 1.35. The van der Waals surface area contributed by atoms with Crippen LogP contribution >= 0.6 is 0 Å². The lowest BCUT2D eigenvalue weighted by Gasteiger charge is -2.21. The highest BCUT2D eigenvalue weighted by molar-refractivity contribution is 6.07. The van der Waals surface area contributed by atoms with Gasteiger partial charge in [0, 0.05) is 0 Å². The van der Waals surface area contributed by atoms with E-state index in [4.69, 9.17) is 9.47 Å². The van der Waals surface area contributed by atoms with Crippen LogP contribution in [0.4, 0.5) is 13.6 Å². The van der Waals surface area contributed by atoms with Gasteiger partial charge in [-0.15, -0.1) is 5.01 Å². The van der Waals surface area contributed by atoms with E-state index in [9.17, 15) is 18.4 Å². The molecule has 0 aromatic heterocycles. The minimum atomic E-state index is -2.95. The summed E-state index contributed by atoms with van der Waals surface area (Å²) >= 11 is 0. The van der Waals surface area contributed by atoms with Crippen molar-refractivity contribution in [3.63, 3.8) is 0 Å². The molecule has 1 fully saturated rings. The Kier molecular flexibility index (Phi) is 4.53. The lowest BCUT2D eigenvalue weighted by Crippen LogP contribution is -2.40. The van der Waals surface area contributed by atoms with Crippen molar-refractivity contribution in [3.05, 3.63) is 53.6 Å². The molecule has 2 aliphatic rings. The third kappa shape index (κ3) is 3.44. The highest BCUT2D eigenvalue weighted by atomic mass is 19.3. The second-order valence-electron chi connectivity index (χ2n) is 6.43. The number of urea groups is 1. The summed E-state index contributed by atoms with van der Waals surface area (Å²) in [5.41, 5.74) is -0.387. The molecule has 0 radical (unpaired) electrons. The number of amides is 3. The number of benzene rings is 2. The summed E-state index contributed by atoms with van der Waals surface area (Å²) in [6.45, 7) is -1.32. The number of hydrogen-bond acceptors (Lipinski definition) is 6. The van der Waals surface area contributed by atoms with E-state index in [-0.39, 0.29) is 12.5 Å². The van der Waals surface area contributed by atoms with Crippen LogP contribution in [0.3, 0.4) is 0 Å². The molecule has 29 heavy (non-hydrogen) atoms. The van der Waals surface area contributed by atoms with Gasteiger partial charge in [-0.3, -0.25) is 4.79 Å². The number of rotatable bonds is 5. The summed E-state index contributed by atoms with van der Waals surface area (Å²) in [6, 6.07) is 9.82. The lowest BCUT2D eigenvalue weighted by atomic mass is 9.92. The molecule has 150 valence electrons. The minimum absolute atomic E-state index is 0.0539. The van der Waals surface area contributed by atoms with Crippen LogP contribution < -0.4 is 19.5 Å². The maximum absolute atomic E-state index is 12.8. The van der Waals surface area contributed by atoms with Gasteiger partial charge < -0.3 is 19.5 Å². The zero-order valence-electron chi connectivity index (χ0n) is 15.1. The molecule has 1 saturated heterocycles. The molecule has 10 heteroatoms. The van der Waals surface area contributed by atoms with E-state index in [0.29, 0.717) is 27.6 Å². The first kappa shape index (κ1) is 18.7. The second kappa shape index (κ2) is 7.04. The fourth-order valence-electron chi connectivity index (χ4n) is 3.01. The van der Waals surface area contributed by atoms with Crippen LogP contribution in [0.25, 0.3) is 0 Å². The molecule has 8 nitrogen and oxygen atoms in total. The van der Waals surface area contributed by atoms with Crippen molar-refractivity contribution in [1.82, 2.24) is 10.3 Å². The summed E-state index contributed by atoms with van der Waals surface area (Å²) in [5.74, 6) is 0.481. The molecule has 1 unspecified atom stereocenters. The average Bonchev–Trinajstić information content (AvgIpc) is 3.23. The van der Waals surface area contributed by atoms with Gasteiger partial charge in [0.2, 0.25) is 6.79 Å². The summed E-state index contributed by atoms with van der Waals surface area (Å²) in [7, 11) is 0. The fourth-order valence-corrected chi connectivity index (χ4v) is 3.01. The summed E-state index contributed by atoms with van der Waals surface area (Å²) < 4.78 is 39.4.